The van der Waals surface area contributed by atoms with E-state index in [1.165, 1.54) is 31.4 Å². The molecule has 1 aliphatic heterocycles. The molecule has 1 aliphatic rings. The molecule has 8 heteroatoms. The number of hydrogen-bond donors (Lipinski definition) is 2. The summed E-state index contributed by atoms with van der Waals surface area (Å²) >= 11 is 0. The van der Waals surface area contributed by atoms with E-state index in [-0.39, 0.29) is 4.90 Å². The summed E-state index contributed by atoms with van der Waals surface area (Å²) in [4.78, 5) is 11.3. The van der Waals surface area contributed by atoms with Gasteiger partial charge in [0.25, 0.3) is 0 Å². The Hall–Kier alpha value is -2.19. The van der Waals surface area contributed by atoms with Crippen LogP contribution in [-0.2, 0) is 16.4 Å². The number of piperidine rings is 1. The third-order valence-electron chi connectivity index (χ3n) is 4.27. The molecule has 0 saturated carbocycles. The maximum absolute atomic E-state index is 11.3. The van der Waals surface area contributed by atoms with Crippen molar-refractivity contribution < 1.29 is 8.42 Å². The Morgan fingerprint density at radius 1 is 1.08 bits per heavy atom. The lowest BCUT2D eigenvalue weighted by Gasteiger charge is -2.27. The predicted octanol–water partition coefficient (Wildman–Crippen LogP) is 1.77. The lowest BCUT2D eigenvalue weighted by atomic mass is 10.1. The molecule has 3 rings (SSSR count). The van der Waals surface area contributed by atoms with Gasteiger partial charge in [0.2, 0.25) is 16.0 Å². The van der Waals surface area contributed by atoms with Crippen LogP contribution in [-0.4, -0.2) is 38.0 Å². The topological polar surface area (TPSA) is 101 Å². The Balaban J connectivity index is 1.55. The van der Waals surface area contributed by atoms with Crippen molar-refractivity contribution in [1.29, 1.82) is 0 Å². The van der Waals surface area contributed by atoms with E-state index < -0.39 is 10.0 Å². The first kappa shape index (κ1) is 17.6. The van der Waals surface area contributed by atoms with E-state index in [2.05, 4.69) is 20.2 Å². The molecule has 2 aromatic rings. The largest absolute Gasteiger partial charge is 0.356 e. The first-order valence-corrected chi connectivity index (χ1v) is 10.0. The van der Waals surface area contributed by atoms with E-state index >= 15 is 0 Å². The van der Waals surface area contributed by atoms with Crippen molar-refractivity contribution >= 4 is 21.8 Å². The number of nitrogens with zero attached hydrogens (tertiary/aromatic N) is 3. The highest BCUT2D eigenvalue weighted by Crippen LogP contribution is 2.18. The van der Waals surface area contributed by atoms with Crippen LogP contribution in [0.1, 0.15) is 24.8 Å². The molecule has 3 N–H and O–H groups in total. The normalized spacial score (nSPS) is 15.2. The first-order valence-electron chi connectivity index (χ1n) is 8.46. The van der Waals surface area contributed by atoms with Crippen LogP contribution in [0.3, 0.4) is 0 Å². The van der Waals surface area contributed by atoms with Crippen LogP contribution in [0.4, 0.5) is 11.8 Å². The van der Waals surface area contributed by atoms with Gasteiger partial charge in [-0.2, -0.15) is 4.98 Å². The Labute approximate surface area is 148 Å². The SMILES string of the molecule is NS(=O)(=O)c1ccc(CCNc2nccc(N3CCCCC3)n2)cc1. The molecule has 7 nitrogen and oxygen atoms in total. The third-order valence-corrected chi connectivity index (χ3v) is 5.20. The van der Waals surface area contributed by atoms with Gasteiger partial charge >= 0.3 is 0 Å². The lowest BCUT2D eigenvalue weighted by Crippen LogP contribution is -2.30. The zero-order valence-corrected chi connectivity index (χ0v) is 14.9. The highest BCUT2D eigenvalue weighted by atomic mass is 32.2. The molecular formula is C17H23N5O2S. The highest BCUT2D eigenvalue weighted by molar-refractivity contribution is 7.89. The Morgan fingerprint density at radius 3 is 2.48 bits per heavy atom. The summed E-state index contributed by atoms with van der Waals surface area (Å²) in [5, 5.41) is 8.32. The van der Waals surface area contributed by atoms with Crippen LogP contribution in [0, 0.1) is 0 Å². The van der Waals surface area contributed by atoms with Crippen molar-refractivity contribution in [3.05, 3.63) is 42.1 Å². The Morgan fingerprint density at radius 2 is 1.80 bits per heavy atom. The maximum Gasteiger partial charge on any atom is 0.238 e. The number of nitrogens with one attached hydrogen (secondary N) is 1. The summed E-state index contributed by atoms with van der Waals surface area (Å²) in [6.45, 7) is 2.76. The van der Waals surface area contributed by atoms with Gasteiger partial charge in [0.1, 0.15) is 5.82 Å². The average molecular weight is 361 g/mol. The minimum absolute atomic E-state index is 0.127. The molecule has 0 amide bonds. The monoisotopic (exact) mass is 361 g/mol. The van der Waals surface area contributed by atoms with Crippen molar-refractivity contribution in [3.8, 4) is 0 Å². The van der Waals surface area contributed by atoms with Gasteiger partial charge < -0.3 is 10.2 Å². The zero-order valence-electron chi connectivity index (χ0n) is 14.1. The minimum Gasteiger partial charge on any atom is -0.356 e. The van der Waals surface area contributed by atoms with Crippen molar-refractivity contribution in [2.75, 3.05) is 29.9 Å². The van der Waals surface area contributed by atoms with Gasteiger partial charge in [0, 0.05) is 25.8 Å². The average Bonchev–Trinajstić information content (AvgIpc) is 2.62. The van der Waals surface area contributed by atoms with E-state index in [1.807, 2.05) is 6.07 Å². The number of primary sulfonamides is 1. The summed E-state index contributed by atoms with van der Waals surface area (Å²) < 4.78 is 22.5. The van der Waals surface area contributed by atoms with Crippen LogP contribution in [0.25, 0.3) is 0 Å². The molecule has 0 radical (unpaired) electrons. The molecule has 0 aliphatic carbocycles. The summed E-state index contributed by atoms with van der Waals surface area (Å²) in [5.41, 5.74) is 1.02. The summed E-state index contributed by atoms with van der Waals surface area (Å²) in [5.74, 6) is 1.58. The second kappa shape index (κ2) is 7.79. The first-order chi connectivity index (χ1) is 12.0. The predicted molar refractivity (Wildman–Crippen MR) is 98.1 cm³/mol. The molecule has 1 aromatic carbocycles. The second-order valence-corrected chi connectivity index (χ2v) is 7.71. The second-order valence-electron chi connectivity index (χ2n) is 6.15. The molecule has 0 atom stereocenters. The fourth-order valence-corrected chi connectivity index (χ4v) is 3.41. The number of benzene rings is 1. The number of nitrogens with two attached hydrogens (primary N) is 1. The Bertz CT molecular complexity index is 802. The zero-order chi connectivity index (χ0) is 17.7. The van der Waals surface area contributed by atoms with Gasteiger partial charge in [-0.25, -0.2) is 18.5 Å². The molecule has 134 valence electrons. The number of rotatable bonds is 6. The van der Waals surface area contributed by atoms with Gasteiger partial charge in [0.05, 0.1) is 4.90 Å². The molecule has 1 saturated heterocycles. The minimum atomic E-state index is -3.64. The van der Waals surface area contributed by atoms with Crippen LogP contribution < -0.4 is 15.4 Å². The van der Waals surface area contributed by atoms with Crippen molar-refractivity contribution in [2.24, 2.45) is 5.14 Å². The molecule has 1 fully saturated rings. The number of hydrogen-bond acceptors (Lipinski definition) is 6. The van der Waals surface area contributed by atoms with Crippen LogP contribution in [0.5, 0.6) is 0 Å². The smallest absolute Gasteiger partial charge is 0.238 e. The van der Waals surface area contributed by atoms with Crippen LogP contribution >= 0.6 is 0 Å². The summed E-state index contributed by atoms with van der Waals surface area (Å²) in [7, 11) is -3.64. The van der Waals surface area contributed by atoms with Crippen LogP contribution in [0.15, 0.2) is 41.4 Å². The maximum atomic E-state index is 11.3. The summed E-state index contributed by atoms with van der Waals surface area (Å²) in [6, 6.07) is 8.54. The number of aromatic nitrogens is 2. The Kier molecular flexibility index (Phi) is 5.50. The molecule has 0 unspecified atom stereocenters. The third kappa shape index (κ3) is 4.90. The van der Waals surface area contributed by atoms with Gasteiger partial charge in [-0.05, 0) is 49.4 Å². The lowest BCUT2D eigenvalue weighted by molar-refractivity contribution is 0.573. The molecule has 0 bridgehead atoms. The van der Waals surface area contributed by atoms with Gasteiger partial charge in [0.15, 0.2) is 0 Å². The number of anilines is 2. The molecule has 1 aromatic heterocycles. The van der Waals surface area contributed by atoms with Crippen molar-refractivity contribution in [1.82, 2.24) is 9.97 Å². The van der Waals surface area contributed by atoms with Gasteiger partial charge in [-0.3, -0.25) is 0 Å². The van der Waals surface area contributed by atoms with Gasteiger partial charge in [-0.15, -0.1) is 0 Å². The van der Waals surface area contributed by atoms with E-state index in [0.717, 1.165) is 30.9 Å². The van der Waals surface area contributed by atoms with Crippen LogP contribution in [0.2, 0.25) is 0 Å². The highest BCUT2D eigenvalue weighted by Gasteiger charge is 2.12. The van der Waals surface area contributed by atoms with Crippen molar-refractivity contribution in [3.63, 3.8) is 0 Å². The number of sulfonamides is 1. The quantitative estimate of drug-likeness (QED) is 0.813. The molecule has 0 spiro atoms. The van der Waals surface area contributed by atoms with E-state index in [4.69, 9.17) is 5.14 Å². The van der Waals surface area contributed by atoms with Crippen molar-refractivity contribution in [2.45, 2.75) is 30.6 Å². The summed E-state index contributed by atoms with van der Waals surface area (Å²) in [6.07, 6.45) is 6.22. The fourth-order valence-electron chi connectivity index (χ4n) is 2.90. The standard InChI is InChI=1S/C17H23N5O2S/c18-25(23,24)15-6-4-14(5-7-15)8-10-19-17-20-11-9-16(21-17)22-12-2-1-3-13-22/h4-7,9,11H,1-3,8,10,12-13H2,(H2,18,23,24)(H,19,20,21). The molecule has 25 heavy (non-hydrogen) atoms. The molecule has 2 heterocycles. The van der Waals surface area contributed by atoms with E-state index in [9.17, 15) is 8.42 Å². The molecular weight excluding hydrogens is 338 g/mol. The van der Waals surface area contributed by atoms with Gasteiger partial charge in [-0.1, -0.05) is 12.1 Å². The van der Waals surface area contributed by atoms with E-state index in [0.29, 0.717) is 12.5 Å². The fraction of sp³-hybridized carbons (Fsp3) is 0.412. The van der Waals surface area contributed by atoms with E-state index in [1.54, 1.807) is 18.3 Å².